The molecule has 3 rings (SSSR count). The standard InChI is InChI=1S/C18H24F4S.C7H6O2/c1-2-3-4-5-12-6-8-13(9-7-12)14-10-11-15(23-18(21)22)17(20)16(14)19;8-7(9)6-4-2-1-3-5-6/h10-13,18H,2-9H2,1H3;1-5H,(H,8,9). The Labute approximate surface area is 191 Å². The third kappa shape index (κ3) is 8.15. The van der Waals surface area contributed by atoms with Crippen molar-refractivity contribution in [1.29, 1.82) is 0 Å². The van der Waals surface area contributed by atoms with Crippen LogP contribution in [0, 0.1) is 17.6 Å². The highest BCUT2D eigenvalue weighted by Crippen LogP contribution is 2.40. The van der Waals surface area contributed by atoms with E-state index in [9.17, 15) is 22.4 Å². The van der Waals surface area contributed by atoms with Crippen LogP contribution >= 0.6 is 11.8 Å². The van der Waals surface area contributed by atoms with E-state index in [1.807, 2.05) is 0 Å². The summed E-state index contributed by atoms with van der Waals surface area (Å²) in [7, 11) is 0. The first kappa shape index (κ1) is 26.2. The fourth-order valence-corrected chi connectivity index (χ4v) is 4.61. The van der Waals surface area contributed by atoms with Crippen molar-refractivity contribution in [3.05, 3.63) is 65.2 Å². The Morgan fingerprint density at radius 2 is 1.66 bits per heavy atom. The van der Waals surface area contributed by atoms with Gasteiger partial charge in [0.25, 0.3) is 5.76 Å². The quantitative estimate of drug-likeness (QED) is 0.239. The van der Waals surface area contributed by atoms with Gasteiger partial charge in [0.05, 0.1) is 10.5 Å². The van der Waals surface area contributed by atoms with Crippen molar-refractivity contribution in [3.8, 4) is 0 Å². The molecule has 0 aliphatic heterocycles. The zero-order chi connectivity index (χ0) is 23.5. The lowest BCUT2D eigenvalue weighted by molar-refractivity contribution is 0.0697. The molecule has 0 amide bonds. The van der Waals surface area contributed by atoms with E-state index in [0.29, 0.717) is 17.0 Å². The maximum Gasteiger partial charge on any atom is 0.335 e. The molecule has 0 atom stereocenters. The first-order valence-electron chi connectivity index (χ1n) is 11.0. The summed E-state index contributed by atoms with van der Waals surface area (Å²) in [6, 6.07) is 11.1. The van der Waals surface area contributed by atoms with Gasteiger partial charge in [0.2, 0.25) is 0 Å². The topological polar surface area (TPSA) is 37.3 Å². The minimum absolute atomic E-state index is 0.0116. The lowest BCUT2D eigenvalue weighted by atomic mass is 9.77. The number of carboxylic acid groups (broad SMARTS) is 1. The second-order valence-electron chi connectivity index (χ2n) is 8.04. The van der Waals surface area contributed by atoms with Crippen molar-refractivity contribution >= 4 is 17.7 Å². The van der Waals surface area contributed by atoms with Crippen LogP contribution in [0.3, 0.4) is 0 Å². The Kier molecular flexibility index (Phi) is 11.1. The number of carboxylic acids is 1. The number of benzene rings is 2. The largest absolute Gasteiger partial charge is 0.478 e. The Bertz CT molecular complexity index is 837. The number of hydrogen-bond acceptors (Lipinski definition) is 2. The molecule has 2 nitrogen and oxygen atoms in total. The Morgan fingerprint density at radius 1 is 1.00 bits per heavy atom. The minimum atomic E-state index is -2.74. The molecule has 0 heterocycles. The summed E-state index contributed by atoms with van der Waals surface area (Å²) >= 11 is 0.0578. The molecule has 0 radical (unpaired) electrons. The van der Waals surface area contributed by atoms with Crippen LogP contribution in [0.4, 0.5) is 17.6 Å². The molecule has 1 aliphatic carbocycles. The van der Waals surface area contributed by atoms with Crippen LogP contribution in [0.25, 0.3) is 0 Å². The van der Waals surface area contributed by atoms with Crippen molar-refractivity contribution < 1.29 is 27.5 Å². The van der Waals surface area contributed by atoms with Crippen LogP contribution in [-0.2, 0) is 0 Å². The van der Waals surface area contributed by atoms with Crippen molar-refractivity contribution in [2.75, 3.05) is 0 Å². The van der Waals surface area contributed by atoms with E-state index < -0.39 is 23.4 Å². The molecule has 176 valence electrons. The van der Waals surface area contributed by atoms with Gasteiger partial charge in [-0.1, -0.05) is 68.6 Å². The molecule has 32 heavy (non-hydrogen) atoms. The van der Waals surface area contributed by atoms with E-state index in [-0.39, 0.29) is 22.6 Å². The average molecular weight is 471 g/mol. The first-order chi connectivity index (χ1) is 15.3. The van der Waals surface area contributed by atoms with Gasteiger partial charge in [0, 0.05) is 0 Å². The van der Waals surface area contributed by atoms with Gasteiger partial charge in [-0.15, -0.1) is 0 Å². The molecule has 1 saturated carbocycles. The highest BCUT2D eigenvalue weighted by atomic mass is 32.2. The predicted octanol–water partition coefficient (Wildman–Crippen LogP) is 8.52. The number of hydrogen-bond donors (Lipinski definition) is 1. The maximum atomic E-state index is 14.2. The molecular weight excluding hydrogens is 440 g/mol. The molecule has 1 N–H and O–H groups in total. The highest BCUT2D eigenvalue weighted by Gasteiger charge is 2.26. The summed E-state index contributed by atoms with van der Waals surface area (Å²) in [5.41, 5.74) is 0.686. The van der Waals surface area contributed by atoms with Crippen molar-refractivity contribution in [3.63, 3.8) is 0 Å². The SMILES string of the molecule is CCCCCC1CCC(c2ccc(SC(F)F)c(F)c2F)CC1.O=C(O)c1ccccc1. The van der Waals surface area contributed by atoms with Gasteiger partial charge >= 0.3 is 5.97 Å². The lowest BCUT2D eigenvalue weighted by Crippen LogP contribution is -2.15. The smallest absolute Gasteiger partial charge is 0.335 e. The van der Waals surface area contributed by atoms with E-state index >= 15 is 0 Å². The number of rotatable bonds is 8. The fraction of sp³-hybridized carbons (Fsp3) is 0.480. The number of unbranched alkanes of at least 4 members (excludes halogenated alkanes) is 2. The molecule has 0 aromatic heterocycles. The normalized spacial score (nSPS) is 18.2. The number of aromatic carboxylic acids is 1. The monoisotopic (exact) mass is 470 g/mol. The Hall–Kier alpha value is -2.02. The molecule has 7 heteroatoms. The highest BCUT2D eigenvalue weighted by molar-refractivity contribution is 7.99. The van der Waals surface area contributed by atoms with E-state index in [2.05, 4.69) is 6.92 Å². The van der Waals surface area contributed by atoms with Crippen LogP contribution in [0.2, 0.25) is 0 Å². The molecule has 1 fully saturated rings. The average Bonchev–Trinajstić information content (AvgIpc) is 2.79. The number of alkyl halides is 2. The molecule has 1 aliphatic rings. The van der Waals surface area contributed by atoms with Crippen LogP contribution < -0.4 is 0 Å². The van der Waals surface area contributed by atoms with Gasteiger partial charge in [-0.2, -0.15) is 8.78 Å². The van der Waals surface area contributed by atoms with Gasteiger partial charge in [-0.3, -0.25) is 0 Å². The first-order valence-corrected chi connectivity index (χ1v) is 11.9. The number of thioether (sulfide) groups is 1. The summed E-state index contributed by atoms with van der Waals surface area (Å²) < 4.78 is 52.8. The zero-order valence-corrected chi connectivity index (χ0v) is 19.0. The molecule has 2 aromatic carbocycles. The molecular formula is C25H30F4O2S. The lowest BCUT2D eigenvalue weighted by Gasteiger charge is -2.29. The van der Waals surface area contributed by atoms with Gasteiger partial charge in [0.15, 0.2) is 11.6 Å². The van der Waals surface area contributed by atoms with Crippen molar-refractivity contribution in [2.45, 2.75) is 74.9 Å². The number of halogens is 4. The van der Waals surface area contributed by atoms with E-state index in [1.165, 1.54) is 37.8 Å². The molecule has 0 spiro atoms. The van der Waals surface area contributed by atoms with Gasteiger partial charge < -0.3 is 5.11 Å². The molecule has 2 aromatic rings. The third-order valence-corrected chi connectivity index (χ3v) is 6.56. The molecule has 0 bridgehead atoms. The zero-order valence-electron chi connectivity index (χ0n) is 18.2. The Balaban J connectivity index is 0.000000336. The van der Waals surface area contributed by atoms with Gasteiger partial charge in [0.1, 0.15) is 0 Å². The summed E-state index contributed by atoms with van der Waals surface area (Å²) in [5, 5.41) is 8.38. The summed E-state index contributed by atoms with van der Waals surface area (Å²) in [6.07, 6.45) is 8.73. The predicted molar refractivity (Wildman–Crippen MR) is 120 cm³/mol. The van der Waals surface area contributed by atoms with E-state index in [4.69, 9.17) is 5.11 Å². The minimum Gasteiger partial charge on any atom is -0.478 e. The van der Waals surface area contributed by atoms with Crippen molar-refractivity contribution in [1.82, 2.24) is 0 Å². The molecule has 0 saturated heterocycles. The maximum absolute atomic E-state index is 14.2. The van der Waals surface area contributed by atoms with Crippen LogP contribution in [0.1, 0.15) is 80.1 Å². The van der Waals surface area contributed by atoms with Gasteiger partial charge in [-0.25, -0.2) is 13.6 Å². The molecule has 0 unspecified atom stereocenters. The Morgan fingerprint density at radius 3 is 2.19 bits per heavy atom. The summed E-state index contributed by atoms with van der Waals surface area (Å²) in [5.74, 6) is -4.98. The fourth-order valence-electron chi connectivity index (χ4n) is 4.07. The van der Waals surface area contributed by atoms with Crippen LogP contribution in [0.15, 0.2) is 47.4 Å². The summed E-state index contributed by atoms with van der Waals surface area (Å²) in [4.78, 5) is 9.89. The van der Waals surface area contributed by atoms with E-state index in [0.717, 1.165) is 25.7 Å². The second kappa shape index (κ2) is 13.5. The van der Waals surface area contributed by atoms with E-state index in [1.54, 1.807) is 30.3 Å². The number of carbonyl (C=O) groups is 1. The second-order valence-corrected chi connectivity index (χ2v) is 9.08. The van der Waals surface area contributed by atoms with Crippen LogP contribution in [0.5, 0.6) is 0 Å². The third-order valence-electron chi connectivity index (χ3n) is 5.82. The van der Waals surface area contributed by atoms with Crippen LogP contribution in [-0.4, -0.2) is 16.8 Å². The van der Waals surface area contributed by atoms with Gasteiger partial charge in [-0.05, 0) is 61.3 Å². The summed E-state index contributed by atoms with van der Waals surface area (Å²) in [6.45, 7) is 2.18. The van der Waals surface area contributed by atoms with Crippen molar-refractivity contribution in [2.24, 2.45) is 5.92 Å².